The van der Waals surface area contributed by atoms with Gasteiger partial charge < -0.3 is 25.4 Å². The molecule has 0 radical (unpaired) electrons. The molecule has 11 heteroatoms. The van der Waals surface area contributed by atoms with Crippen LogP contribution in [-0.4, -0.2) is 54.7 Å². The van der Waals surface area contributed by atoms with Crippen LogP contribution in [0.4, 0.5) is 4.79 Å². The summed E-state index contributed by atoms with van der Waals surface area (Å²) in [6.45, 7) is 8.29. The molecule has 0 aromatic heterocycles. The molecule has 4 aromatic carbocycles. The maximum atomic E-state index is 13.4. The third-order valence-electron chi connectivity index (χ3n) is 7.58. The minimum absolute atomic E-state index is 0.161. The topological polar surface area (TPSA) is 144 Å². The first-order valence-electron chi connectivity index (χ1n) is 16.9. The number of amides is 4. The number of carbonyl (C=O) groups is 4. The van der Waals surface area contributed by atoms with Gasteiger partial charge in [-0.15, -0.1) is 0 Å². The van der Waals surface area contributed by atoms with Crippen LogP contribution in [0.3, 0.4) is 0 Å². The van der Waals surface area contributed by atoms with Crippen LogP contribution >= 0.6 is 0 Å². The van der Waals surface area contributed by atoms with Crippen molar-refractivity contribution in [1.29, 1.82) is 0 Å². The average Bonchev–Trinajstić information content (AvgIpc) is 3.12. The quantitative estimate of drug-likeness (QED) is 0.0839. The largest absolute Gasteiger partial charge is 0.444 e. The van der Waals surface area contributed by atoms with Gasteiger partial charge in [0.2, 0.25) is 0 Å². The number of rotatable bonds is 16. The van der Waals surface area contributed by atoms with Crippen molar-refractivity contribution in [1.82, 2.24) is 21.4 Å². The maximum Gasteiger partial charge on any atom is 0.407 e. The van der Waals surface area contributed by atoms with Gasteiger partial charge in [-0.2, -0.15) is 0 Å². The van der Waals surface area contributed by atoms with Crippen molar-refractivity contribution >= 4 is 23.8 Å². The van der Waals surface area contributed by atoms with Gasteiger partial charge in [0.25, 0.3) is 17.7 Å². The highest BCUT2D eigenvalue weighted by Gasteiger charge is 2.29. The molecular formula is C40H46N4O7. The first kappa shape index (κ1) is 38.3. The molecule has 0 aliphatic rings. The van der Waals surface area contributed by atoms with Crippen molar-refractivity contribution in [2.45, 2.75) is 65.1 Å². The molecule has 268 valence electrons. The van der Waals surface area contributed by atoms with E-state index in [-0.39, 0.29) is 19.1 Å². The molecular weight excluding hydrogens is 648 g/mol. The monoisotopic (exact) mass is 694 g/mol. The van der Waals surface area contributed by atoms with Crippen LogP contribution in [0.25, 0.3) is 11.1 Å². The molecule has 4 N–H and O–H groups in total. The highest BCUT2D eigenvalue weighted by Crippen LogP contribution is 2.21. The predicted octanol–water partition coefficient (Wildman–Crippen LogP) is 5.95. The van der Waals surface area contributed by atoms with Crippen LogP contribution in [0.5, 0.6) is 0 Å². The lowest BCUT2D eigenvalue weighted by Gasteiger charge is -2.24. The summed E-state index contributed by atoms with van der Waals surface area (Å²) in [5.74, 6) is -1.22. The zero-order valence-electron chi connectivity index (χ0n) is 29.4. The Kier molecular flexibility index (Phi) is 14.3. The van der Waals surface area contributed by atoms with Gasteiger partial charge in [-0.05, 0) is 80.6 Å². The van der Waals surface area contributed by atoms with Crippen molar-refractivity contribution in [3.63, 3.8) is 0 Å². The molecule has 4 aromatic rings. The number of nitrogens with one attached hydrogen (secondary N) is 4. The van der Waals surface area contributed by atoms with Crippen molar-refractivity contribution in [2.24, 2.45) is 0 Å². The van der Waals surface area contributed by atoms with Crippen molar-refractivity contribution in [3.05, 3.63) is 131 Å². The number of ether oxygens (including phenoxy) is 2. The molecule has 11 nitrogen and oxygen atoms in total. The summed E-state index contributed by atoms with van der Waals surface area (Å²) in [6, 6.07) is 32.0. The Balaban J connectivity index is 1.31. The molecule has 4 amide bonds. The summed E-state index contributed by atoms with van der Waals surface area (Å²) in [4.78, 5) is 56.4. The Morgan fingerprint density at radius 3 is 1.71 bits per heavy atom. The molecule has 0 saturated heterocycles. The zero-order valence-corrected chi connectivity index (χ0v) is 29.4. The molecule has 0 spiro atoms. The van der Waals surface area contributed by atoms with Gasteiger partial charge in [0.15, 0.2) is 0 Å². The van der Waals surface area contributed by atoms with E-state index in [1.54, 1.807) is 64.1 Å². The van der Waals surface area contributed by atoms with Crippen LogP contribution < -0.4 is 21.4 Å². The van der Waals surface area contributed by atoms with Crippen LogP contribution in [0, 0.1) is 0 Å². The molecule has 0 aliphatic carbocycles. The summed E-state index contributed by atoms with van der Waals surface area (Å²) in [5.41, 5.74) is 6.25. The smallest absolute Gasteiger partial charge is 0.407 e. The average molecular weight is 695 g/mol. The SMILES string of the molecule is C[C@H](OCc1ccccc1)[C@H](NC(=O)c1ccc(-c2ccc(C(=O)NCCCNC(=O)OC(C)(C)C)cc2)cc1)C(=O)NOCc1ccccc1. The minimum Gasteiger partial charge on any atom is -0.444 e. The fourth-order valence-corrected chi connectivity index (χ4v) is 4.87. The summed E-state index contributed by atoms with van der Waals surface area (Å²) in [7, 11) is 0. The van der Waals surface area contributed by atoms with E-state index in [1.807, 2.05) is 72.8 Å². The number of hydrogen-bond acceptors (Lipinski definition) is 7. The van der Waals surface area contributed by atoms with E-state index >= 15 is 0 Å². The van der Waals surface area contributed by atoms with E-state index < -0.39 is 35.7 Å². The van der Waals surface area contributed by atoms with Gasteiger partial charge in [-0.25, -0.2) is 10.3 Å². The third-order valence-corrected chi connectivity index (χ3v) is 7.58. The van der Waals surface area contributed by atoms with Crippen LogP contribution in [-0.2, 0) is 32.3 Å². The van der Waals surface area contributed by atoms with E-state index in [2.05, 4.69) is 21.4 Å². The lowest BCUT2D eigenvalue weighted by molar-refractivity contribution is -0.140. The molecule has 51 heavy (non-hydrogen) atoms. The highest BCUT2D eigenvalue weighted by atomic mass is 16.7. The number of hydrogen-bond donors (Lipinski definition) is 4. The summed E-state index contributed by atoms with van der Waals surface area (Å²) < 4.78 is 11.2. The number of hydroxylamine groups is 1. The van der Waals surface area contributed by atoms with Crippen molar-refractivity contribution < 1.29 is 33.5 Å². The van der Waals surface area contributed by atoms with E-state index in [9.17, 15) is 19.2 Å². The first-order chi connectivity index (χ1) is 24.5. The Hall–Kier alpha value is -5.52. The summed E-state index contributed by atoms with van der Waals surface area (Å²) >= 11 is 0. The molecule has 0 fully saturated rings. The summed E-state index contributed by atoms with van der Waals surface area (Å²) in [6.07, 6.45) is -0.622. The lowest BCUT2D eigenvalue weighted by atomic mass is 10.0. The van der Waals surface area contributed by atoms with E-state index in [1.165, 1.54) is 0 Å². The van der Waals surface area contributed by atoms with E-state index in [4.69, 9.17) is 14.3 Å². The first-order valence-corrected chi connectivity index (χ1v) is 16.9. The predicted molar refractivity (Wildman–Crippen MR) is 194 cm³/mol. The minimum atomic E-state index is -1.04. The Labute approximate surface area is 299 Å². The van der Waals surface area contributed by atoms with Gasteiger partial charge >= 0.3 is 6.09 Å². The molecule has 0 bridgehead atoms. The van der Waals surface area contributed by atoms with E-state index in [0.717, 1.165) is 22.3 Å². The number of carbonyl (C=O) groups excluding carboxylic acids is 4. The number of alkyl carbamates (subject to hydrolysis) is 1. The fourth-order valence-electron chi connectivity index (χ4n) is 4.87. The normalized spacial score (nSPS) is 12.2. The summed E-state index contributed by atoms with van der Waals surface area (Å²) in [5, 5.41) is 8.32. The van der Waals surface area contributed by atoms with Gasteiger partial charge in [0.05, 0.1) is 19.3 Å². The number of benzene rings is 4. The fraction of sp³-hybridized carbons (Fsp3) is 0.300. The van der Waals surface area contributed by atoms with Crippen molar-refractivity contribution in [3.8, 4) is 11.1 Å². The molecule has 0 aliphatic heterocycles. The Morgan fingerprint density at radius 2 is 1.16 bits per heavy atom. The molecule has 0 saturated carbocycles. The third kappa shape index (κ3) is 13.0. The van der Waals surface area contributed by atoms with Gasteiger partial charge in [-0.1, -0.05) is 84.9 Å². The molecule has 0 unspecified atom stereocenters. The van der Waals surface area contributed by atoms with Crippen LogP contribution in [0.1, 0.15) is 66.0 Å². The Morgan fingerprint density at radius 1 is 0.647 bits per heavy atom. The highest BCUT2D eigenvalue weighted by molar-refractivity contribution is 5.98. The second-order valence-electron chi connectivity index (χ2n) is 12.9. The van der Waals surface area contributed by atoms with Gasteiger partial charge in [-0.3, -0.25) is 19.2 Å². The van der Waals surface area contributed by atoms with Crippen LogP contribution in [0.15, 0.2) is 109 Å². The lowest BCUT2D eigenvalue weighted by Crippen LogP contribution is -2.53. The second-order valence-corrected chi connectivity index (χ2v) is 12.9. The van der Waals surface area contributed by atoms with Crippen LogP contribution in [0.2, 0.25) is 0 Å². The molecule has 0 heterocycles. The molecule has 4 rings (SSSR count). The standard InChI is InChI=1S/C40H46N4O7/c1-28(49-26-29-12-7-5-8-13-29)35(38(47)44-50-27-30-14-9-6-10-15-30)43-37(46)34-22-18-32(19-23-34)31-16-20-33(21-17-31)36(45)41-24-11-25-42-39(48)51-40(2,3)4/h5-10,12-23,28,35H,11,24-27H2,1-4H3,(H,41,45)(H,42,48)(H,43,46)(H,44,47)/t28-,35-/m0/s1. The molecule has 2 atom stereocenters. The second kappa shape index (κ2) is 19.0. The maximum absolute atomic E-state index is 13.4. The van der Waals surface area contributed by atoms with Gasteiger partial charge in [0.1, 0.15) is 11.6 Å². The zero-order chi connectivity index (χ0) is 36.6. The van der Waals surface area contributed by atoms with Crippen molar-refractivity contribution in [2.75, 3.05) is 13.1 Å². The van der Waals surface area contributed by atoms with Gasteiger partial charge in [0, 0.05) is 24.2 Å². The van der Waals surface area contributed by atoms with E-state index in [0.29, 0.717) is 30.6 Å². The Bertz CT molecular complexity index is 1710.